The molecule has 96 valence electrons. The molecule has 0 fully saturated rings. The van der Waals surface area contributed by atoms with Crippen molar-refractivity contribution < 1.29 is 10.0 Å². The Morgan fingerprint density at radius 1 is 1.50 bits per heavy atom. The fourth-order valence-electron chi connectivity index (χ4n) is 1.50. The number of nitrogens with zero attached hydrogens (tertiary/aromatic N) is 1. The maximum atomic E-state index is 10.8. The van der Waals surface area contributed by atoms with Gasteiger partial charge in [0.2, 0.25) is 0 Å². The summed E-state index contributed by atoms with van der Waals surface area (Å²) in [7, 11) is 0. The predicted molar refractivity (Wildman–Crippen MR) is 72.1 cm³/mol. The molecule has 1 aromatic carbocycles. The van der Waals surface area contributed by atoms with Crippen LogP contribution in [-0.2, 0) is 0 Å². The van der Waals surface area contributed by atoms with E-state index in [-0.39, 0.29) is 11.6 Å². The third-order valence-corrected chi connectivity index (χ3v) is 2.79. The maximum absolute atomic E-state index is 10.8. The summed E-state index contributed by atoms with van der Waals surface area (Å²) in [5.74, 6) is 0.000379. The van der Waals surface area contributed by atoms with Crippen LogP contribution in [0.4, 0.5) is 5.69 Å². The van der Waals surface area contributed by atoms with Crippen LogP contribution in [0.1, 0.15) is 18.9 Å². The first-order valence-electron chi connectivity index (χ1n) is 5.77. The normalized spacial score (nSPS) is 14.3. The van der Waals surface area contributed by atoms with Crippen molar-refractivity contribution >= 4 is 11.8 Å². The van der Waals surface area contributed by atoms with Crippen molar-refractivity contribution in [2.75, 3.05) is 0 Å². The molecule has 0 spiro atoms. The molecule has 0 radical (unpaired) electrons. The van der Waals surface area contributed by atoms with Gasteiger partial charge in [-0.2, -0.15) is 0 Å². The van der Waals surface area contributed by atoms with Gasteiger partial charge in [0.1, 0.15) is 0 Å². The zero-order chi connectivity index (χ0) is 13.5. The van der Waals surface area contributed by atoms with E-state index in [1.54, 1.807) is 36.4 Å². The lowest BCUT2D eigenvalue weighted by Gasteiger charge is -2.12. The third kappa shape index (κ3) is 3.82. The average molecular weight is 247 g/mol. The van der Waals surface area contributed by atoms with E-state index < -0.39 is 11.0 Å². The summed E-state index contributed by atoms with van der Waals surface area (Å²) in [6.07, 6.45) is 5.02. The van der Waals surface area contributed by atoms with Crippen LogP contribution in [0, 0.1) is 16.0 Å². The lowest BCUT2D eigenvalue weighted by molar-refractivity contribution is -0.385. The van der Waals surface area contributed by atoms with E-state index in [0.717, 1.165) is 0 Å². The van der Waals surface area contributed by atoms with Gasteiger partial charge in [0.25, 0.3) is 5.69 Å². The second-order valence-corrected chi connectivity index (χ2v) is 4.12. The highest BCUT2D eigenvalue weighted by molar-refractivity contribution is 5.60. The Hall–Kier alpha value is -1.94. The molecule has 1 rings (SSSR count). The van der Waals surface area contributed by atoms with Crippen molar-refractivity contribution in [3.8, 4) is 0 Å². The van der Waals surface area contributed by atoms with E-state index in [4.69, 9.17) is 0 Å². The maximum Gasteiger partial charge on any atom is 0.276 e. The van der Waals surface area contributed by atoms with Crippen molar-refractivity contribution in [1.82, 2.24) is 0 Å². The van der Waals surface area contributed by atoms with Gasteiger partial charge in [-0.1, -0.05) is 37.3 Å². The van der Waals surface area contributed by atoms with Gasteiger partial charge in [0, 0.05) is 6.07 Å². The van der Waals surface area contributed by atoms with Crippen molar-refractivity contribution in [2.45, 2.75) is 19.4 Å². The monoisotopic (exact) mass is 247 g/mol. The molecular weight excluding hydrogens is 230 g/mol. The van der Waals surface area contributed by atoms with Crippen LogP contribution in [0.15, 0.2) is 43.0 Å². The SMILES string of the molecule is C=C[C@H](C)[C@H](O)C/C=C/c1ccccc1[N+](=O)[O-]. The molecule has 4 nitrogen and oxygen atoms in total. The Kier molecular flexibility index (Phi) is 5.27. The third-order valence-electron chi connectivity index (χ3n) is 2.79. The molecule has 0 saturated carbocycles. The van der Waals surface area contributed by atoms with Crippen molar-refractivity contribution in [3.05, 3.63) is 58.7 Å². The predicted octanol–water partition coefficient (Wildman–Crippen LogP) is 3.18. The number of para-hydroxylation sites is 1. The highest BCUT2D eigenvalue weighted by atomic mass is 16.6. The highest BCUT2D eigenvalue weighted by Crippen LogP contribution is 2.19. The van der Waals surface area contributed by atoms with Gasteiger partial charge in [-0.05, 0) is 18.4 Å². The minimum Gasteiger partial charge on any atom is -0.392 e. The van der Waals surface area contributed by atoms with E-state index in [0.29, 0.717) is 12.0 Å². The number of benzene rings is 1. The molecule has 18 heavy (non-hydrogen) atoms. The first-order valence-corrected chi connectivity index (χ1v) is 5.77. The molecular formula is C14H17NO3. The second-order valence-electron chi connectivity index (χ2n) is 4.12. The fourth-order valence-corrected chi connectivity index (χ4v) is 1.50. The zero-order valence-corrected chi connectivity index (χ0v) is 10.3. The van der Waals surface area contributed by atoms with Crippen LogP contribution >= 0.6 is 0 Å². The van der Waals surface area contributed by atoms with E-state index in [9.17, 15) is 15.2 Å². The lowest BCUT2D eigenvalue weighted by Crippen LogP contribution is -2.13. The Morgan fingerprint density at radius 2 is 2.17 bits per heavy atom. The molecule has 0 aliphatic rings. The first kappa shape index (κ1) is 14.1. The topological polar surface area (TPSA) is 63.4 Å². The van der Waals surface area contributed by atoms with Crippen molar-refractivity contribution in [2.24, 2.45) is 5.92 Å². The molecule has 0 aliphatic heterocycles. The summed E-state index contributed by atoms with van der Waals surface area (Å²) >= 11 is 0. The number of nitro benzene ring substituents is 1. The van der Waals surface area contributed by atoms with E-state index in [1.807, 2.05) is 6.92 Å². The average Bonchev–Trinajstić information content (AvgIpc) is 2.38. The van der Waals surface area contributed by atoms with Crippen molar-refractivity contribution in [1.29, 1.82) is 0 Å². The minimum absolute atomic E-state index is 0.000379. The summed E-state index contributed by atoms with van der Waals surface area (Å²) in [6, 6.07) is 6.51. The molecule has 0 unspecified atom stereocenters. The Morgan fingerprint density at radius 3 is 2.78 bits per heavy atom. The minimum atomic E-state index is -0.512. The van der Waals surface area contributed by atoms with Crippen LogP contribution in [0.2, 0.25) is 0 Å². The number of nitro groups is 1. The molecule has 0 saturated heterocycles. The second kappa shape index (κ2) is 6.71. The van der Waals surface area contributed by atoms with Gasteiger partial charge in [-0.3, -0.25) is 10.1 Å². The number of aliphatic hydroxyl groups is 1. The Labute approximate surface area is 106 Å². The molecule has 4 heteroatoms. The standard InChI is InChI=1S/C14H17NO3/c1-3-11(2)14(16)10-6-8-12-7-4-5-9-13(12)15(17)18/h3-9,11,14,16H,1,10H2,2H3/b8-6+/t11-,14+/m0/s1. The van der Waals surface area contributed by atoms with Crippen LogP contribution < -0.4 is 0 Å². The van der Waals surface area contributed by atoms with Gasteiger partial charge >= 0.3 is 0 Å². The molecule has 0 aliphatic carbocycles. The smallest absolute Gasteiger partial charge is 0.276 e. The lowest BCUT2D eigenvalue weighted by atomic mass is 10.0. The molecule has 0 bridgehead atoms. The van der Waals surface area contributed by atoms with Crippen LogP contribution in [-0.4, -0.2) is 16.1 Å². The van der Waals surface area contributed by atoms with Gasteiger partial charge < -0.3 is 5.11 Å². The van der Waals surface area contributed by atoms with Crippen LogP contribution in [0.5, 0.6) is 0 Å². The van der Waals surface area contributed by atoms with Crippen molar-refractivity contribution in [3.63, 3.8) is 0 Å². The molecule has 1 N–H and O–H groups in total. The van der Waals surface area contributed by atoms with Gasteiger partial charge in [0.05, 0.1) is 16.6 Å². The molecule has 0 heterocycles. The fraction of sp³-hybridized carbons (Fsp3) is 0.286. The zero-order valence-electron chi connectivity index (χ0n) is 10.3. The van der Waals surface area contributed by atoms with Crippen LogP contribution in [0.3, 0.4) is 0 Å². The Bertz CT molecular complexity index is 454. The molecule has 0 amide bonds. The van der Waals surface area contributed by atoms with Crippen LogP contribution in [0.25, 0.3) is 6.08 Å². The number of aliphatic hydroxyl groups excluding tert-OH is 1. The quantitative estimate of drug-likeness (QED) is 0.477. The Balaban J connectivity index is 2.73. The van der Waals surface area contributed by atoms with Gasteiger partial charge in [-0.15, -0.1) is 6.58 Å². The molecule has 0 aromatic heterocycles. The van der Waals surface area contributed by atoms with E-state index in [2.05, 4.69) is 6.58 Å². The number of rotatable bonds is 6. The number of hydrogen-bond acceptors (Lipinski definition) is 3. The summed E-state index contributed by atoms with van der Waals surface area (Å²) in [5, 5.41) is 20.5. The molecule has 1 aromatic rings. The van der Waals surface area contributed by atoms with Gasteiger partial charge in [0.15, 0.2) is 0 Å². The van der Waals surface area contributed by atoms with E-state index in [1.165, 1.54) is 6.07 Å². The van der Waals surface area contributed by atoms with Gasteiger partial charge in [-0.25, -0.2) is 0 Å². The first-order chi connectivity index (χ1) is 8.56. The number of hydrogen-bond donors (Lipinski definition) is 1. The molecule has 2 atom stereocenters. The van der Waals surface area contributed by atoms with E-state index >= 15 is 0 Å². The highest BCUT2D eigenvalue weighted by Gasteiger charge is 2.11. The summed E-state index contributed by atoms with van der Waals surface area (Å²) < 4.78 is 0. The largest absolute Gasteiger partial charge is 0.392 e. The summed E-state index contributed by atoms with van der Waals surface area (Å²) in [5.41, 5.74) is 0.612. The summed E-state index contributed by atoms with van der Waals surface area (Å²) in [6.45, 7) is 5.48. The summed E-state index contributed by atoms with van der Waals surface area (Å²) in [4.78, 5) is 10.4.